The van der Waals surface area contributed by atoms with E-state index in [1.807, 2.05) is 0 Å². The molecule has 0 aliphatic heterocycles. The van der Waals surface area contributed by atoms with Crippen LogP contribution in [0.4, 0.5) is 20.3 Å². The van der Waals surface area contributed by atoms with Crippen LogP contribution in [-0.4, -0.2) is 31.2 Å². The normalized spacial score (nSPS) is 15.5. The number of rotatable bonds is 8. The van der Waals surface area contributed by atoms with Gasteiger partial charge in [0.2, 0.25) is 0 Å². The van der Waals surface area contributed by atoms with Gasteiger partial charge in [-0.15, -0.1) is 0 Å². The first-order valence-corrected chi connectivity index (χ1v) is 9.68. The number of nitrogens with one attached hydrogen (secondary N) is 2. The van der Waals surface area contributed by atoms with Crippen LogP contribution in [0, 0.1) is 17.6 Å². The van der Waals surface area contributed by atoms with Crippen molar-refractivity contribution in [2.75, 3.05) is 16.6 Å². The molecule has 1 atom stereocenters. The van der Waals surface area contributed by atoms with Crippen LogP contribution in [0.15, 0.2) is 41.4 Å². The molecule has 0 bridgehead atoms. The number of benzene rings is 1. The molecule has 9 heteroatoms. The number of anilines is 2. The average molecular weight is 383 g/mol. The summed E-state index contributed by atoms with van der Waals surface area (Å²) in [6.45, 7) is 0.0682. The molecule has 1 fully saturated rings. The number of sulfonamides is 1. The van der Waals surface area contributed by atoms with E-state index in [1.54, 1.807) is 0 Å². The molecule has 26 heavy (non-hydrogen) atoms. The maximum atomic E-state index is 13.2. The van der Waals surface area contributed by atoms with Gasteiger partial charge in [0.15, 0.2) is 11.6 Å². The van der Waals surface area contributed by atoms with Crippen LogP contribution in [0.25, 0.3) is 0 Å². The quantitative estimate of drug-likeness (QED) is 0.652. The van der Waals surface area contributed by atoms with Crippen LogP contribution in [0.3, 0.4) is 0 Å². The molecule has 1 saturated carbocycles. The van der Waals surface area contributed by atoms with Gasteiger partial charge in [-0.1, -0.05) is 0 Å². The molecular weight excluding hydrogens is 364 g/mol. The summed E-state index contributed by atoms with van der Waals surface area (Å²) in [6.07, 6.45) is 3.99. The van der Waals surface area contributed by atoms with Crippen molar-refractivity contribution in [3.8, 4) is 0 Å². The van der Waals surface area contributed by atoms with E-state index in [9.17, 15) is 17.2 Å². The number of aliphatic hydroxyl groups excluding tert-OH is 1. The van der Waals surface area contributed by atoms with Crippen molar-refractivity contribution in [3.05, 3.63) is 48.2 Å². The van der Waals surface area contributed by atoms with Gasteiger partial charge < -0.3 is 10.4 Å². The summed E-state index contributed by atoms with van der Waals surface area (Å²) in [4.78, 5) is 4.01. The van der Waals surface area contributed by atoms with Crippen molar-refractivity contribution in [1.29, 1.82) is 0 Å². The Morgan fingerprint density at radius 3 is 2.54 bits per heavy atom. The minimum atomic E-state index is -3.97. The van der Waals surface area contributed by atoms with Crippen LogP contribution in [-0.2, 0) is 10.0 Å². The molecule has 1 unspecified atom stereocenters. The third-order valence-electron chi connectivity index (χ3n) is 4.18. The molecule has 3 N–H and O–H groups in total. The van der Waals surface area contributed by atoms with Crippen molar-refractivity contribution < 1.29 is 22.3 Å². The first kappa shape index (κ1) is 18.5. The second-order valence-corrected chi connectivity index (χ2v) is 7.90. The molecule has 0 spiro atoms. The molecule has 0 saturated heterocycles. The van der Waals surface area contributed by atoms with Crippen molar-refractivity contribution >= 4 is 21.5 Å². The highest BCUT2D eigenvalue weighted by atomic mass is 32.2. The van der Waals surface area contributed by atoms with Gasteiger partial charge in [-0.2, -0.15) is 0 Å². The number of aromatic nitrogens is 1. The van der Waals surface area contributed by atoms with Crippen LogP contribution < -0.4 is 10.0 Å². The zero-order valence-electron chi connectivity index (χ0n) is 13.8. The number of hydrogen-bond acceptors (Lipinski definition) is 5. The predicted molar refractivity (Wildman–Crippen MR) is 93.2 cm³/mol. The van der Waals surface area contributed by atoms with Gasteiger partial charge in [-0.3, -0.25) is 4.72 Å². The second kappa shape index (κ2) is 7.55. The topological polar surface area (TPSA) is 91.3 Å². The lowest BCUT2D eigenvalue weighted by Crippen LogP contribution is -2.24. The van der Waals surface area contributed by atoms with Crippen molar-refractivity contribution in [3.63, 3.8) is 0 Å². The standard InChI is InChI=1S/C17H19F2N3O3S/c18-14-5-3-12(9-15(14)19)22-26(24,25)13-4-6-17(20-10-13)21-16(7-8-23)11-1-2-11/h3-6,9-11,16,22-23H,1-2,7-8H2,(H,20,21). The van der Waals surface area contributed by atoms with E-state index >= 15 is 0 Å². The van der Waals surface area contributed by atoms with Gasteiger partial charge in [0.1, 0.15) is 10.7 Å². The first-order chi connectivity index (χ1) is 12.4. The van der Waals surface area contributed by atoms with Gasteiger partial charge >= 0.3 is 0 Å². The van der Waals surface area contributed by atoms with E-state index in [0.717, 1.165) is 31.0 Å². The number of aliphatic hydroxyl groups is 1. The van der Waals surface area contributed by atoms with Gasteiger partial charge in [-0.25, -0.2) is 22.2 Å². The lowest BCUT2D eigenvalue weighted by atomic mass is 10.1. The zero-order chi connectivity index (χ0) is 18.7. The summed E-state index contributed by atoms with van der Waals surface area (Å²) >= 11 is 0. The summed E-state index contributed by atoms with van der Waals surface area (Å²) in [5.41, 5.74) is -0.0807. The van der Waals surface area contributed by atoms with Crippen molar-refractivity contribution in [1.82, 2.24) is 4.98 Å². The minimum absolute atomic E-state index is 0.0682. The molecule has 0 radical (unpaired) electrons. The Balaban J connectivity index is 1.70. The Morgan fingerprint density at radius 2 is 1.96 bits per heavy atom. The number of nitrogens with zero attached hydrogens (tertiary/aromatic N) is 1. The van der Waals surface area contributed by atoms with Gasteiger partial charge in [-0.05, 0) is 49.4 Å². The van der Waals surface area contributed by atoms with E-state index in [0.29, 0.717) is 18.2 Å². The van der Waals surface area contributed by atoms with Crippen molar-refractivity contribution in [2.24, 2.45) is 5.92 Å². The summed E-state index contributed by atoms with van der Waals surface area (Å²) in [7, 11) is -3.97. The smallest absolute Gasteiger partial charge is 0.263 e. The molecule has 1 aromatic carbocycles. The molecule has 6 nitrogen and oxygen atoms in total. The molecule has 140 valence electrons. The monoisotopic (exact) mass is 383 g/mol. The molecule has 1 aliphatic rings. The maximum Gasteiger partial charge on any atom is 0.263 e. The Hall–Kier alpha value is -2.26. The third-order valence-corrected chi connectivity index (χ3v) is 5.55. The SMILES string of the molecule is O=S(=O)(Nc1ccc(F)c(F)c1)c1ccc(NC(CCO)C2CC2)nc1. The molecule has 2 aromatic rings. The Bertz CT molecular complexity index is 871. The zero-order valence-corrected chi connectivity index (χ0v) is 14.6. The lowest BCUT2D eigenvalue weighted by Gasteiger charge is -2.18. The Morgan fingerprint density at radius 1 is 1.19 bits per heavy atom. The van der Waals surface area contributed by atoms with Crippen LogP contribution >= 0.6 is 0 Å². The van der Waals surface area contributed by atoms with Gasteiger partial charge in [0, 0.05) is 24.9 Å². The van der Waals surface area contributed by atoms with E-state index in [1.165, 1.54) is 18.3 Å². The number of halogens is 2. The molecule has 3 rings (SSSR count). The number of pyridine rings is 1. The van der Waals surface area contributed by atoms with Gasteiger partial charge in [0.05, 0.1) is 5.69 Å². The van der Waals surface area contributed by atoms with E-state index in [4.69, 9.17) is 5.11 Å². The van der Waals surface area contributed by atoms with E-state index in [2.05, 4.69) is 15.0 Å². The molecule has 0 amide bonds. The molecule has 1 aromatic heterocycles. The largest absolute Gasteiger partial charge is 0.396 e. The summed E-state index contributed by atoms with van der Waals surface area (Å²) < 4.78 is 53.0. The fourth-order valence-electron chi connectivity index (χ4n) is 2.65. The maximum absolute atomic E-state index is 13.2. The summed E-state index contributed by atoms with van der Waals surface area (Å²) in [5, 5.41) is 12.3. The fraction of sp³-hybridized carbons (Fsp3) is 0.353. The van der Waals surface area contributed by atoms with Crippen LogP contribution in [0.2, 0.25) is 0 Å². The molecule has 1 heterocycles. The average Bonchev–Trinajstić information content (AvgIpc) is 3.43. The second-order valence-electron chi connectivity index (χ2n) is 6.21. The van der Waals surface area contributed by atoms with Crippen LogP contribution in [0.5, 0.6) is 0 Å². The minimum Gasteiger partial charge on any atom is -0.396 e. The van der Waals surface area contributed by atoms with Crippen molar-refractivity contribution in [2.45, 2.75) is 30.2 Å². The Kier molecular flexibility index (Phi) is 5.38. The molecular formula is C17H19F2N3O3S. The molecule has 1 aliphatic carbocycles. The highest BCUT2D eigenvalue weighted by Crippen LogP contribution is 2.35. The third kappa shape index (κ3) is 4.47. The first-order valence-electron chi connectivity index (χ1n) is 8.20. The summed E-state index contributed by atoms with van der Waals surface area (Å²) in [6, 6.07) is 5.76. The van der Waals surface area contributed by atoms with Gasteiger partial charge in [0.25, 0.3) is 10.0 Å². The van der Waals surface area contributed by atoms with E-state index < -0.39 is 21.7 Å². The lowest BCUT2D eigenvalue weighted by molar-refractivity contribution is 0.274. The van der Waals surface area contributed by atoms with Crippen LogP contribution in [0.1, 0.15) is 19.3 Å². The Labute approximate surface area is 150 Å². The predicted octanol–water partition coefficient (Wildman–Crippen LogP) is 2.73. The fourth-order valence-corrected chi connectivity index (χ4v) is 3.65. The number of hydrogen-bond donors (Lipinski definition) is 3. The summed E-state index contributed by atoms with van der Waals surface area (Å²) in [5.74, 6) is -1.18. The highest BCUT2D eigenvalue weighted by Gasteiger charge is 2.31. The van der Waals surface area contributed by atoms with E-state index in [-0.39, 0.29) is 23.2 Å². The highest BCUT2D eigenvalue weighted by molar-refractivity contribution is 7.92.